The smallest absolute Gasteiger partial charge is 0.0783 e. The zero-order chi connectivity index (χ0) is 17.7. The first kappa shape index (κ1) is 17.4. The Morgan fingerprint density at radius 2 is 1.81 bits per heavy atom. The van der Waals surface area contributed by atoms with Gasteiger partial charge in [0.05, 0.1) is 11.7 Å². The lowest BCUT2D eigenvalue weighted by Crippen LogP contribution is -2.45. The van der Waals surface area contributed by atoms with E-state index in [-0.39, 0.29) is 6.04 Å². The molecule has 0 spiro atoms. The molecule has 1 saturated heterocycles. The standard InChI is InChI=1S/C21H23Br2N3/c22-15-11-14-3-4-17-18(6-5-16(19(17)23)13-1-2-13)21(20(14)25-12-15)26-9-7-24-8-10-26/h5-6,11-13,21,24H,1-4,7-10H2/t21-/m0/s1. The van der Waals surface area contributed by atoms with Crippen LogP contribution in [0.1, 0.15) is 52.7 Å². The Bertz CT molecular complexity index is 841. The molecule has 26 heavy (non-hydrogen) atoms. The van der Waals surface area contributed by atoms with Crippen molar-refractivity contribution in [1.82, 2.24) is 15.2 Å². The van der Waals surface area contributed by atoms with Crippen molar-refractivity contribution in [2.45, 2.75) is 37.6 Å². The van der Waals surface area contributed by atoms with Crippen LogP contribution >= 0.6 is 31.9 Å². The Labute approximate surface area is 171 Å². The summed E-state index contributed by atoms with van der Waals surface area (Å²) in [5, 5.41) is 3.49. The number of hydrogen-bond acceptors (Lipinski definition) is 3. The van der Waals surface area contributed by atoms with Gasteiger partial charge in [-0.25, -0.2) is 0 Å². The molecule has 0 amide bonds. The van der Waals surface area contributed by atoms with Gasteiger partial charge in [0.15, 0.2) is 0 Å². The second-order valence-corrected chi connectivity index (χ2v) is 9.41. The summed E-state index contributed by atoms with van der Waals surface area (Å²) in [5.74, 6) is 0.769. The summed E-state index contributed by atoms with van der Waals surface area (Å²) in [7, 11) is 0. The van der Waals surface area contributed by atoms with Crippen LogP contribution in [0.25, 0.3) is 0 Å². The molecule has 5 heteroatoms. The molecular formula is C21H23Br2N3. The van der Waals surface area contributed by atoms with Crippen LogP contribution in [-0.4, -0.2) is 36.1 Å². The quantitative estimate of drug-likeness (QED) is 0.687. The monoisotopic (exact) mass is 475 g/mol. The third kappa shape index (κ3) is 3.07. The number of piperazine rings is 1. The number of nitrogens with zero attached hydrogens (tertiary/aromatic N) is 2. The van der Waals surface area contributed by atoms with Crippen LogP contribution in [0.15, 0.2) is 33.3 Å². The zero-order valence-corrected chi connectivity index (χ0v) is 17.9. The summed E-state index contributed by atoms with van der Waals surface area (Å²) in [6, 6.07) is 7.32. The molecular weight excluding hydrogens is 454 g/mol. The molecule has 0 radical (unpaired) electrons. The Balaban J connectivity index is 1.66. The molecule has 3 nitrogen and oxygen atoms in total. The summed E-state index contributed by atoms with van der Waals surface area (Å²) >= 11 is 7.62. The third-order valence-corrected chi connectivity index (χ3v) is 7.38. The molecule has 136 valence electrons. The maximum atomic E-state index is 4.91. The number of pyridine rings is 1. The lowest BCUT2D eigenvalue weighted by molar-refractivity contribution is 0.195. The van der Waals surface area contributed by atoms with Gasteiger partial charge in [-0.15, -0.1) is 0 Å². The summed E-state index contributed by atoms with van der Waals surface area (Å²) in [5.41, 5.74) is 7.12. The van der Waals surface area contributed by atoms with Crippen LogP contribution in [0.3, 0.4) is 0 Å². The molecule has 2 heterocycles. The minimum absolute atomic E-state index is 0.266. The maximum Gasteiger partial charge on any atom is 0.0783 e. The predicted molar refractivity (Wildman–Crippen MR) is 112 cm³/mol. The van der Waals surface area contributed by atoms with E-state index < -0.39 is 0 Å². The first-order valence-electron chi connectivity index (χ1n) is 9.62. The van der Waals surface area contributed by atoms with Crippen molar-refractivity contribution in [3.8, 4) is 0 Å². The molecule has 1 aromatic carbocycles. The van der Waals surface area contributed by atoms with Crippen LogP contribution in [0.4, 0.5) is 0 Å². The van der Waals surface area contributed by atoms with Crippen molar-refractivity contribution < 1.29 is 0 Å². The third-order valence-electron chi connectivity index (χ3n) is 6.01. The van der Waals surface area contributed by atoms with E-state index in [2.05, 4.69) is 60.3 Å². The summed E-state index contributed by atoms with van der Waals surface area (Å²) in [6.45, 7) is 4.25. The Kier molecular flexibility index (Phi) is 4.68. The van der Waals surface area contributed by atoms with Gasteiger partial charge >= 0.3 is 0 Å². The van der Waals surface area contributed by atoms with Crippen LogP contribution in [0.5, 0.6) is 0 Å². The Hall–Kier alpha value is -0.750. The van der Waals surface area contributed by atoms with E-state index in [0.29, 0.717) is 0 Å². The normalized spacial score (nSPS) is 23.2. The molecule has 2 fully saturated rings. The lowest BCUT2D eigenvalue weighted by atomic mass is 9.93. The number of aromatic nitrogens is 1. The molecule has 1 saturated carbocycles. The van der Waals surface area contributed by atoms with Crippen LogP contribution in [0, 0.1) is 0 Å². The fourth-order valence-corrected chi connectivity index (χ4v) is 5.79. The van der Waals surface area contributed by atoms with Crippen LogP contribution in [0.2, 0.25) is 0 Å². The molecule has 2 aliphatic carbocycles. The van der Waals surface area contributed by atoms with Crippen molar-refractivity contribution in [3.05, 3.63) is 61.3 Å². The molecule has 3 aliphatic rings. The van der Waals surface area contributed by atoms with E-state index >= 15 is 0 Å². The van der Waals surface area contributed by atoms with Gasteiger partial charge < -0.3 is 5.32 Å². The van der Waals surface area contributed by atoms with E-state index in [1.807, 2.05) is 6.20 Å². The highest BCUT2D eigenvalue weighted by Crippen LogP contribution is 2.47. The number of halogens is 2. The van der Waals surface area contributed by atoms with Gasteiger partial charge in [0.1, 0.15) is 0 Å². The molecule has 5 rings (SSSR count). The number of rotatable bonds is 2. The lowest BCUT2D eigenvalue weighted by Gasteiger charge is -2.36. The first-order valence-corrected chi connectivity index (χ1v) is 11.2. The molecule has 1 N–H and O–H groups in total. The van der Waals surface area contributed by atoms with Gasteiger partial charge in [-0.05, 0) is 75.9 Å². The number of fused-ring (bicyclic) bond motifs is 2. The van der Waals surface area contributed by atoms with Crippen molar-refractivity contribution in [3.63, 3.8) is 0 Å². The number of nitrogens with one attached hydrogen (secondary N) is 1. The van der Waals surface area contributed by atoms with E-state index in [1.165, 1.54) is 45.3 Å². The van der Waals surface area contributed by atoms with Gasteiger partial charge in [0, 0.05) is 41.3 Å². The molecule has 1 aliphatic heterocycles. The van der Waals surface area contributed by atoms with E-state index in [1.54, 1.807) is 0 Å². The Morgan fingerprint density at radius 3 is 2.58 bits per heavy atom. The van der Waals surface area contributed by atoms with Crippen molar-refractivity contribution in [2.75, 3.05) is 26.2 Å². The predicted octanol–water partition coefficient (Wildman–Crippen LogP) is 4.58. The summed E-state index contributed by atoms with van der Waals surface area (Å²) in [4.78, 5) is 7.52. The number of hydrogen-bond donors (Lipinski definition) is 1. The van der Waals surface area contributed by atoms with E-state index in [9.17, 15) is 0 Å². The topological polar surface area (TPSA) is 28.2 Å². The molecule has 1 aromatic heterocycles. The SMILES string of the molecule is Brc1cnc2c(c1)CCc1c(ccc(C3CC3)c1Br)[C@@H]2N1CCNCC1. The number of benzene rings is 1. The average Bonchev–Trinajstić information content (AvgIpc) is 3.49. The van der Waals surface area contributed by atoms with Crippen molar-refractivity contribution in [2.24, 2.45) is 0 Å². The summed E-state index contributed by atoms with van der Waals surface area (Å²) in [6.07, 6.45) is 6.79. The van der Waals surface area contributed by atoms with Crippen LogP contribution in [-0.2, 0) is 12.8 Å². The second-order valence-electron chi connectivity index (χ2n) is 7.70. The maximum absolute atomic E-state index is 4.91. The fourth-order valence-electron chi connectivity index (χ4n) is 4.53. The molecule has 2 aromatic rings. The van der Waals surface area contributed by atoms with E-state index in [0.717, 1.165) is 49.4 Å². The van der Waals surface area contributed by atoms with Gasteiger partial charge in [-0.3, -0.25) is 9.88 Å². The first-order chi connectivity index (χ1) is 12.7. The molecule has 0 unspecified atom stereocenters. The van der Waals surface area contributed by atoms with Crippen LogP contribution < -0.4 is 5.32 Å². The zero-order valence-electron chi connectivity index (χ0n) is 14.8. The highest BCUT2D eigenvalue weighted by molar-refractivity contribution is 9.10. The highest BCUT2D eigenvalue weighted by atomic mass is 79.9. The average molecular weight is 477 g/mol. The Morgan fingerprint density at radius 1 is 1.04 bits per heavy atom. The van der Waals surface area contributed by atoms with Gasteiger partial charge in [-0.2, -0.15) is 0 Å². The fraction of sp³-hybridized carbons (Fsp3) is 0.476. The van der Waals surface area contributed by atoms with E-state index in [4.69, 9.17) is 4.98 Å². The number of aryl methyl sites for hydroxylation is 1. The summed E-state index contributed by atoms with van der Waals surface area (Å²) < 4.78 is 2.45. The minimum atomic E-state index is 0.266. The van der Waals surface area contributed by atoms with Gasteiger partial charge in [-0.1, -0.05) is 28.1 Å². The highest BCUT2D eigenvalue weighted by Gasteiger charge is 2.34. The molecule has 0 bridgehead atoms. The van der Waals surface area contributed by atoms with Crippen molar-refractivity contribution >= 4 is 31.9 Å². The van der Waals surface area contributed by atoms with Gasteiger partial charge in [0.25, 0.3) is 0 Å². The largest absolute Gasteiger partial charge is 0.314 e. The van der Waals surface area contributed by atoms with Gasteiger partial charge in [0.2, 0.25) is 0 Å². The molecule has 1 atom stereocenters. The van der Waals surface area contributed by atoms with Crippen molar-refractivity contribution in [1.29, 1.82) is 0 Å². The minimum Gasteiger partial charge on any atom is -0.314 e. The second kappa shape index (κ2) is 7.01.